The van der Waals surface area contributed by atoms with Crippen molar-refractivity contribution < 1.29 is 4.42 Å². The zero-order valence-electron chi connectivity index (χ0n) is 10.0. The molecule has 0 amide bonds. The van der Waals surface area contributed by atoms with Crippen molar-refractivity contribution in [2.24, 2.45) is 0 Å². The number of fused-ring (bicyclic) bond motifs is 1. The highest BCUT2D eigenvalue weighted by Gasteiger charge is 2.23. The molecule has 1 atom stereocenters. The van der Waals surface area contributed by atoms with Crippen LogP contribution < -0.4 is 5.32 Å². The lowest BCUT2D eigenvalue weighted by atomic mass is 10.1. The van der Waals surface area contributed by atoms with Crippen molar-refractivity contribution in [3.63, 3.8) is 0 Å². The Morgan fingerprint density at radius 1 is 1.50 bits per heavy atom. The molecule has 0 bridgehead atoms. The molecule has 0 aliphatic carbocycles. The van der Waals surface area contributed by atoms with E-state index in [9.17, 15) is 0 Å². The second-order valence-electron chi connectivity index (χ2n) is 4.25. The third-order valence-corrected chi connectivity index (χ3v) is 6.09. The number of rotatable bonds is 3. The molecule has 1 aliphatic heterocycles. The van der Waals surface area contributed by atoms with Gasteiger partial charge in [-0.05, 0) is 52.8 Å². The Balaban J connectivity index is 1.97. The van der Waals surface area contributed by atoms with Crippen molar-refractivity contribution in [2.45, 2.75) is 18.2 Å². The van der Waals surface area contributed by atoms with E-state index in [2.05, 4.69) is 27.3 Å². The standard InChI is InChI=1S/C13H14BrNOS2/c1-15-12(13-9(14)2-4-16-13)11-6-8-7-17-5-3-10(8)18-11/h2,4,6,12,15H,3,5,7H2,1H3. The van der Waals surface area contributed by atoms with Gasteiger partial charge in [0, 0.05) is 15.5 Å². The summed E-state index contributed by atoms with van der Waals surface area (Å²) in [5.74, 6) is 3.37. The highest BCUT2D eigenvalue weighted by molar-refractivity contribution is 9.10. The second-order valence-corrected chi connectivity index (χ2v) is 7.38. The molecular formula is C13H14BrNOS2. The van der Waals surface area contributed by atoms with Crippen molar-refractivity contribution in [2.75, 3.05) is 12.8 Å². The molecule has 2 nitrogen and oxygen atoms in total. The van der Waals surface area contributed by atoms with Gasteiger partial charge in [-0.2, -0.15) is 11.8 Å². The lowest BCUT2D eigenvalue weighted by Gasteiger charge is -2.12. The van der Waals surface area contributed by atoms with Crippen LogP contribution >= 0.6 is 39.0 Å². The number of nitrogens with one attached hydrogen (secondary N) is 1. The molecule has 1 N–H and O–H groups in total. The maximum Gasteiger partial charge on any atom is 0.140 e. The van der Waals surface area contributed by atoms with Crippen LogP contribution in [-0.4, -0.2) is 12.8 Å². The van der Waals surface area contributed by atoms with Crippen molar-refractivity contribution in [1.82, 2.24) is 5.32 Å². The molecule has 0 aromatic carbocycles. The number of thiophene rings is 1. The Kier molecular flexibility index (Phi) is 3.84. The highest BCUT2D eigenvalue weighted by atomic mass is 79.9. The van der Waals surface area contributed by atoms with E-state index in [1.165, 1.54) is 22.6 Å². The molecule has 0 saturated carbocycles. The van der Waals surface area contributed by atoms with E-state index in [1.807, 2.05) is 36.2 Å². The quantitative estimate of drug-likeness (QED) is 0.903. The second kappa shape index (κ2) is 5.41. The van der Waals surface area contributed by atoms with E-state index in [0.29, 0.717) is 0 Å². The van der Waals surface area contributed by atoms with Crippen LogP contribution in [0.5, 0.6) is 0 Å². The van der Waals surface area contributed by atoms with Gasteiger partial charge in [0.2, 0.25) is 0 Å². The van der Waals surface area contributed by atoms with E-state index in [1.54, 1.807) is 11.1 Å². The summed E-state index contributed by atoms with van der Waals surface area (Å²) in [6.45, 7) is 0. The van der Waals surface area contributed by atoms with Crippen LogP contribution in [0.1, 0.15) is 27.1 Å². The zero-order chi connectivity index (χ0) is 12.5. The summed E-state index contributed by atoms with van der Waals surface area (Å²) < 4.78 is 6.63. The molecule has 1 aliphatic rings. The Bertz CT molecular complexity index is 525. The average Bonchev–Trinajstić information content (AvgIpc) is 2.97. The van der Waals surface area contributed by atoms with Gasteiger partial charge in [-0.25, -0.2) is 0 Å². The molecule has 2 aromatic rings. The van der Waals surface area contributed by atoms with E-state index in [4.69, 9.17) is 4.42 Å². The smallest absolute Gasteiger partial charge is 0.140 e. The van der Waals surface area contributed by atoms with Crippen LogP contribution in [0.25, 0.3) is 0 Å². The molecule has 96 valence electrons. The fourth-order valence-corrected chi connectivity index (χ4v) is 5.14. The molecule has 0 spiro atoms. The Labute approximate surface area is 123 Å². The van der Waals surface area contributed by atoms with Crippen LogP contribution in [0.3, 0.4) is 0 Å². The minimum atomic E-state index is 0.148. The molecule has 0 fully saturated rings. The maximum absolute atomic E-state index is 5.60. The zero-order valence-corrected chi connectivity index (χ0v) is 13.3. The first-order chi connectivity index (χ1) is 8.79. The van der Waals surface area contributed by atoms with Crippen molar-refractivity contribution in [1.29, 1.82) is 0 Å². The summed E-state index contributed by atoms with van der Waals surface area (Å²) >= 11 is 7.49. The van der Waals surface area contributed by atoms with Crippen LogP contribution in [0.4, 0.5) is 0 Å². The normalized spacial score (nSPS) is 16.6. The van der Waals surface area contributed by atoms with Gasteiger partial charge < -0.3 is 9.73 Å². The molecular weight excluding hydrogens is 330 g/mol. The van der Waals surface area contributed by atoms with Crippen molar-refractivity contribution in [3.8, 4) is 0 Å². The molecule has 2 aromatic heterocycles. The Hall–Kier alpha value is -0.230. The Morgan fingerprint density at radius 2 is 2.39 bits per heavy atom. The molecule has 5 heteroatoms. The predicted octanol–water partition coefficient (Wildman–Crippen LogP) is 4.20. The first kappa shape index (κ1) is 12.8. The van der Waals surface area contributed by atoms with Gasteiger partial charge in [-0.3, -0.25) is 0 Å². The first-order valence-electron chi connectivity index (χ1n) is 5.89. The SMILES string of the molecule is CNC(c1cc2c(s1)CCSC2)c1occc1Br. The molecule has 18 heavy (non-hydrogen) atoms. The lowest BCUT2D eigenvalue weighted by Crippen LogP contribution is -2.16. The van der Waals surface area contributed by atoms with Gasteiger partial charge in [-0.15, -0.1) is 11.3 Å². The summed E-state index contributed by atoms with van der Waals surface area (Å²) in [5.41, 5.74) is 1.51. The monoisotopic (exact) mass is 343 g/mol. The van der Waals surface area contributed by atoms with E-state index in [0.717, 1.165) is 16.0 Å². The summed E-state index contributed by atoms with van der Waals surface area (Å²) in [6.07, 6.45) is 2.94. The summed E-state index contributed by atoms with van der Waals surface area (Å²) in [5, 5.41) is 3.35. The first-order valence-corrected chi connectivity index (χ1v) is 8.65. The minimum Gasteiger partial charge on any atom is -0.466 e. The number of hydrogen-bond donors (Lipinski definition) is 1. The summed E-state index contributed by atoms with van der Waals surface area (Å²) in [6, 6.07) is 4.43. The molecule has 3 heterocycles. The third-order valence-electron chi connectivity index (χ3n) is 3.13. The van der Waals surface area contributed by atoms with Gasteiger partial charge in [0.25, 0.3) is 0 Å². The van der Waals surface area contributed by atoms with Gasteiger partial charge in [0.15, 0.2) is 0 Å². The topological polar surface area (TPSA) is 25.2 Å². The molecule has 0 saturated heterocycles. The fraction of sp³-hybridized carbons (Fsp3) is 0.385. The van der Waals surface area contributed by atoms with Crippen LogP contribution in [0.2, 0.25) is 0 Å². The Morgan fingerprint density at radius 3 is 3.06 bits per heavy atom. The van der Waals surface area contributed by atoms with Gasteiger partial charge in [0.05, 0.1) is 10.7 Å². The number of furan rings is 1. The average molecular weight is 344 g/mol. The number of thioether (sulfide) groups is 1. The summed E-state index contributed by atoms with van der Waals surface area (Å²) in [4.78, 5) is 2.90. The molecule has 0 radical (unpaired) electrons. The van der Waals surface area contributed by atoms with Gasteiger partial charge >= 0.3 is 0 Å². The van der Waals surface area contributed by atoms with Crippen LogP contribution in [-0.2, 0) is 12.2 Å². The number of hydrogen-bond acceptors (Lipinski definition) is 4. The predicted molar refractivity (Wildman–Crippen MR) is 81.5 cm³/mol. The fourth-order valence-electron chi connectivity index (χ4n) is 2.23. The van der Waals surface area contributed by atoms with Crippen molar-refractivity contribution in [3.05, 3.63) is 43.9 Å². The minimum absolute atomic E-state index is 0.148. The number of halogens is 1. The molecule has 1 unspecified atom stereocenters. The maximum atomic E-state index is 5.60. The van der Waals surface area contributed by atoms with E-state index < -0.39 is 0 Å². The van der Waals surface area contributed by atoms with E-state index >= 15 is 0 Å². The number of aryl methyl sites for hydroxylation is 1. The molecule has 3 rings (SSSR count). The lowest BCUT2D eigenvalue weighted by molar-refractivity contribution is 0.464. The largest absolute Gasteiger partial charge is 0.466 e. The highest BCUT2D eigenvalue weighted by Crippen LogP contribution is 2.38. The van der Waals surface area contributed by atoms with Crippen molar-refractivity contribution >= 4 is 39.0 Å². The van der Waals surface area contributed by atoms with Crippen LogP contribution in [0.15, 0.2) is 27.3 Å². The van der Waals surface area contributed by atoms with E-state index in [-0.39, 0.29) is 6.04 Å². The van der Waals surface area contributed by atoms with Crippen LogP contribution in [0, 0.1) is 0 Å². The third kappa shape index (κ3) is 2.29. The van der Waals surface area contributed by atoms with Gasteiger partial charge in [-0.1, -0.05) is 0 Å². The van der Waals surface area contributed by atoms with Gasteiger partial charge in [0.1, 0.15) is 11.8 Å². The summed E-state index contributed by atoms with van der Waals surface area (Å²) in [7, 11) is 1.98.